The SMILES string of the molecule is Cc1c(C(=O)O)sc2ncnc(-n3cnc([N+](=O)[O-])c3)c12. The lowest BCUT2D eigenvalue weighted by molar-refractivity contribution is -0.389. The summed E-state index contributed by atoms with van der Waals surface area (Å²) in [5, 5.41) is 20.4. The fourth-order valence-electron chi connectivity index (χ4n) is 1.98. The quantitative estimate of drug-likeness (QED) is 0.577. The van der Waals surface area contributed by atoms with Crippen LogP contribution in [0.4, 0.5) is 5.82 Å². The minimum absolute atomic E-state index is 0.168. The first kappa shape index (κ1) is 13.1. The summed E-state index contributed by atoms with van der Waals surface area (Å²) in [6, 6.07) is 0. The minimum Gasteiger partial charge on any atom is -0.477 e. The first-order valence-corrected chi connectivity index (χ1v) is 6.47. The molecule has 3 aromatic heterocycles. The highest BCUT2D eigenvalue weighted by Gasteiger charge is 2.21. The Morgan fingerprint density at radius 1 is 1.43 bits per heavy atom. The maximum atomic E-state index is 11.2. The van der Waals surface area contributed by atoms with Gasteiger partial charge >= 0.3 is 11.8 Å². The number of hydrogen-bond acceptors (Lipinski definition) is 7. The van der Waals surface area contributed by atoms with Crippen molar-refractivity contribution in [3.05, 3.63) is 39.4 Å². The van der Waals surface area contributed by atoms with E-state index in [0.717, 1.165) is 11.3 Å². The summed E-state index contributed by atoms with van der Waals surface area (Å²) in [7, 11) is 0. The van der Waals surface area contributed by atoms with E-state index < -0.39 is 10.9 Å². The molecule has 0 amide bonds. The molecule has 9 nitrogen and oxygen atoms in total. The van der Waals surface area contributed by atoms with Gasteiger partial charge in [0, 0.05) is 0 Å². The van der Waals surface area contributed by atoms with E-state index >= 15 is 0 Å². The summed E-state index contributed by atoms with van der Waals surface area (Å²) in [5.41, 5.74) is 0.523. The molecule has 0 aliphatic rings. The normalized spacial score (nSPS) is 10.9. The van der Waals surface area contributed by atoms with E-state index in [0.29, 0.717) is 21.6 Å². The fraction of sp³-hybridized carbons (Fsp3) is 0.0909. The second-order valence-corrected chi connectivity index (χ2v) is 5.13. The zero-order valence-electron chi connectivity index (χ0n) is 10.5. The van der Waals surface area contributed by atoms with Crippen molar-refractivity contribution < 1.29 is 14.8 Å². The number of carboxylic acid groups (broad SMARTS) is 1. The number of fused-ring (bicyclic) bond motifs is 1. The molecule has 0 saturated heterocycles. The Bertz CT molecular complexity index is 884. The van der Waals surface area contributed by atoms with Crippen molar-refractivity contribution in [2.75, 3.05) is 0 Å². The van der Waals surface area contributed by atoms with Gasteiger partial charge < -0.3 is 15.2 Å². The van der Waals surface area contributed by atoms with Gasteiger partial charge in [0.2, 0.25) is 6.33 Å². The molecule has 0 saturated carbocycles. The average molecular weight is 305 g/mol. The molecule has 0 fully saturated rings. The Hall–Kier alpha value is -2.88. The maximum Gasteiger partial charge on any atom is 0.381 e. The van der Waals surface area contributed by atoms with Crippen LogP contribution in [0.15, 0.2) is 18.9 Å². The highest BCUT2D eigenvalue weighted by molar-refractivity contribution is 7.20. The average Bonchev–Trinajstić information content (AvgIpc) is 3.04. The third-order valence-electron chi connectivity index (χ3n) is 2.90. The van der Waals surface area contributed by atoms with Gasteiger partial charge in [0.05, 0.1) is 5.39 Å². The zero-order chi connectivity index (χ0) is 15.1. The maximum absolute atomic E-state index is 11.2. The molecule has 3 rings (SSSR count). The summed E-state index contributed by atoms with van der Waals surface area (Å²) in [5.74, 6) is -0.993. The van der Waals surface area contributed by atoms with Crippen LogP contribution in [0.5, 0.6) is 0 Å². The summed E-state index contributed by atoms with van der Waals surface area (Å²) in [6.45, 7) is 1.65. The predicted molar refractivity (Wildman–Crippen MR) is 72.9 cm³/mol. The highest BCUT2D eigenvalue weighted by Crippen LogP contribution is 2.32. The Kier molecular flexibility index (Phi) is 2.87. The van der Waals surface area contributed by atoms with E-state index in [1.54, 1.807) is 6.92 Å². The molecule has 0 radical (unpaired) electrons. The third-order valence-corrected chi connectivity index (χ3v) is 4.09. The molecular formula is C11H7N5O4S. The van der Waals surface area contributed by atoms with Gasteiger partial charge in [-0.2, -0.15) is 0 Å². The van der Waals surface area contributed by atoms with Crippen molar-refractivity contribution >= 4 is 33.3 Å². The van der Waals surface area contributed by atoms with Gasteiger partial charge in [-0.3, -0.25) is 4.57 Å². The monoisotopic (exact) mass is 305 g/mol. The number of imidazole rings is 1. The molecule has 3 aromatic rings. The Morgan fingerprint density at radius 3 is 2.81 bits per heavy atom. The molecular weight excluding hydrogens is 298 g/mol. The van der Waals surface area contributed by atoms with Crippen LogP contribution in [0.25, 0.3) is 16.0 Å². The molecule has 3 heterocycles. The molecule has 1 N–H and O–H groups in total. The topological polar surface area (TPSA) is 124 Å². The number of hydrogen-bond donors (Lipinski definition) is 1. The molecule has 0 aliphatic heterocycles. The Morgan fingerprint density at radius 2 is 2.19 bits per heavy atom. The predicted octanol–water partition coefficient (Wildman–Crippen LogP) is 1.79. The first-order valence-electron chi connectivity index (χ1n) is 5.65. The lowest BCUT2D eigenvalue weighted by Gasteiger charge is -2.01. The van der Waals surface area contributed by atoms with E-state index in [1.807, 2.05) is 0 Å². The molecule has 10 heteroatoms. The van der Waals surface area contributed by atoms with E-state index in [4.69, 9.17) is 5.11 Å². The molecule has 0 unspecified atom stereocenters. The number of thiophene rings is 1. The van der Waals surface area contributed by atoms with Crippen LogP contribution < -0.4 is 0 Å². The van der Waals surface area contributed by atoms with E-state index in [9.17, 15) is 14.9 Å². The molecule has 0 aliphatic carbocycles. The van der Waals surface area contributed by atoms with Gasteiger partial charge in [0.15, 0.2) is 5.82 Å². The largest absolute Gasteiger partial charge is 0.477 e. The smallest absolute Gasteiger partial charge is 0.381 e. The lowest BCUT2D eigenvalue weighted by atomic mass is 10.2. The number of aryl methyl sites for hydroxylation is 1. The number of rotatable bonds is 3. The summed E-state index contributed by atoms with van der Waals surface area (Å²) in [4.78, 5) is 33.7. The summed E-state index contributed by atoms with van der Waals surface area (Å²) in [6.07, 6.45) is 3.77. The van der Waals surface area contributed by atoms with Crippen molar-refractivity contribution in [3.63, 3.8) is 0 Å². The highest BCUT2D eigenvalue weighted by atomic mass is 32.1. The third kappa shape index (κ3) is 2.01. The van der Waals surface area contributed by atoms with Crippen LogP contribution in [0.1, 0.15) is 15.2 Å². The molecule has 0 atom stereocenters. The molecule has 106 valence electrons. The standard InChI is InChI=1S/C11H7N5O4S/c1-5-7-9(15-2-6(14-4-15)16(19)20)12-3-13-10(7)21-8(5)11(17)18/h2-4H,1H3,(H,17,18). The molecule has 0 spiro atoms. The lowest BCUT2D eigenvalue weighted by Crippen LogP contribution is -1.98. The van der Waals surface area contributed by atoms with E-state index in [-0.39, 0.29) is 10.7 Å². The van der Waals surface area contributed by atoms with Gasteiger partial charge in [-0.25, -0.2) is 14.8 Å². The first-order chi connectivity index (χ1) is 9.99. The van der Waals surface area contributed by atoms with Crippen molar-refractivity contribution in [2.45, 2.75) is 6.92 Å². The fourth-order valence-corrected chi connectivity index (χ4v) is 2.96. The zero-order valence-corrected chi connectivity index (χ0v) is 11.4. The summed E-state index contributed by atoms with van der Waals surface area (Å²) >= 11 is 1.04. The molecule has 0 aromatic carbocycles. The molecule has 21 heavy (non-hydrogen) atoms. The van der Waals surface area contributed by atoms with Crippen molar-refractivity contribution in [2.24, 2.45) is 0 Å². The van der Waals surface area contributed by atoms with Gasteiger partial charge in [-0.15, -0.1) is 11.3 Å². The number of carboxylic acids is 1. The number of nitrogens with zero attached hydrogens (tertiary/aromatic N) is 5. The van der Waals surface area contributed by atoms with E-state index in [1.165, 1.54) is 23.4 Å². The minimum atomic E-state index is -1.04. The van der Waals surface area contributed by atoms with Crippen LogP contribution in [-0.2, 0) is 0 Å². The van der Waals surface area contributed by atoms with Gasteiger partial charge in [0.25, 0.3) is 0 Å². The number of aromatic nitrogens is 4. The van der Waals surface area contributed by atoms with Crippen LogP contribution in [-0.4, -0.2) is 35.5 Å². The molecule has 0 bridgehead atoms. The number of aromatic carboxylic acids is 1. The number of carbonyl (C=O) groups is 1. The Labute approximate surface area is 120 Å². The van der Waals surface area contributed by atoms with Gasteiger partial charge in [-0.1, -0.05) is 0 Å². The van der Waals surface area contributed by atoms with Gasteiger partial charge in [0.1, 0.15) is 22.2 Å². The summed E-state index contributed by atoms with van der Waals surface area (Å²) < 4.78 is 1.38. The second kappa shape index (κ2) is 4.59. The van der Waals surface area contributed by atoms with Crippen molar-refractivity contribution in [3.8, 4) is 5.82 Å². The van der Waals surface area contributed by atoms with Crippen LogP contribution in [0.3, 0.4) is 0 Å². The number of nitro groups is 1. The van der Waals surface area contributed by atoms with Crippen LogP contribution in [0, 0.1) is 17.0 Å². The Balaban J connectivity index is 2.27. The van der Waals surface area contributed by atoms with E-state index in [2.05, 4.69) is 15.0 Å². The van der Waals surface area contributed by atoms with Crippen molar-refractivity contribution in [1.82, 2.24) is 19.5 Å². The van der Waals surface area contributed by atoms with Gasteiger partial charge in [-0.05, 0) is 22.4 Å². The second-order valence-electron chi connectivity index (χ2n) is 4.14. The van der Waals surface area contributed by atoms with Crippen LogP contribution in [0.2, 0.25) is 0 Å². The van der Waals surface area contributed by atoms with Crippen LogP contribution >= 0.6 is 11.3 Å². The van der Waals surface area contributed by atoms with Crippen molar-refractivity contribution in [1.29, 1.82) is 0 Å².